The monoisotopic (exact) mass is 245 g/mol. The number of nitrogens with two attached hydrogens (primary N) is 1. The molecular formula is C16H23NO. The predicted molar refractivity (Wildman–Crippen MR) is 73.8 cm³/mol. The van der Waals surface area contributed by atoms with Gasteiger partial charge >= 0.3 is 0 Å². The van der Waals surface area contributed by atoms with Crippen molar-refractivity contribution in [3.8, 4) is 5.75 Å². The van der Waals surface area contributed by atoms with Crippen molar-refractivity contribution in [1.29, 1.82) is 0 Å². The molecule has 0 amide bonds. The zero-order chi connectivity index (χ0) is 12.4. The molecule has 2 heteroatoms. The van der Waals surface area contributed by atoms with Gasteiger partial charge in [-0.25, -0.2) is 0 Å². The van der Waals surface area contributed by atoms with E-state index < -0.39 is 0 Å². The number of ether oxygens (including phenoxy) is 1. The van der Waals surface area contributed by atoms with Crippen LogP contribution in [0.3, 0.4) is 0 Å². The third-order valence-electron chi connectivity index (χ3n) is 4.42. The Hall–Kier alpha value is -1.02. The van der Waals surface area contributed by atoms with E-state index in [0.29, 0.717) is 0 Å². The first-order chi connectivity index (χ1) is 8.83. The number of rotatable bonds is 3. The highest BCUT2D eigenvalue weighted by Gasteiger charge is 2.20. The van der Waals surface area contributed by atoms with Crippen LogP contribution in [0.5, 0.6) is 5.75 Å². The molecule has 0 aromatic heterocycles. The molecule has 0 bridgehead atoms. The zero-order valence-electron chi connectivity index (χ0n) is 11.0. The van der Waals surface area contributed by atoms with Crippen LogP contribution in [0.4, 0.5) is 0 Å². The van der Waals surface area contributed by atoms with E-state index in [1.807, 2.05) is 0 Å². The van der Waals surface area contributed by atoms with Crippen molar-refractivity contribution in [2.45, 2.75) is 51.0 Å². The Kier molecular flexibility index (Phi) is 3.55. The molecule has 0 saturated heterocycles. The lowest BCUT2D eigenvalue weighted by atomic mass is 9.92. The number of benzene rings is 1. The summed E-state index contributed by atoms with van der Waals surface area (Å²) in [6, 6.07) is 6.75. The van der Waals surface area contributed by atoms with Gasteiger partial charge in [0.2, 0.25) is 0 Å². The molecular weight excluding hydrogens is 222 g/mol. The molecule has 1 fully saturated rings. The lowest BCUT2D eigenvalue weighted by molar-refractivity contribution is 0.288. The molecule has 0 radical (unpaired) electrons. The van der Waals surface area contributed by atoms with Gasteiger partial charge in [-0.05, 0) is 42.4 Å². The van der Waals surface area contributed by atoms with Crippen molar-refractivity contribution >= 4 is 0 Å². The smallest absolute Gasteiger partial charge is 0.122 e. The molecule has 1 aromatic carbocycles. The van der Waals surface area contributed by atoms with Gasteiger partial charge in [0.15, 0.2) is 0 Å². The maximum absolute atomic E-state index is 6.37. The van der Waals surface area contributed by atoms with Gasteiger partial charge < -0.3 is 10.5 Å². The van der Waals surface area contributed by atoms with Gasteiger partial charge in [-0.1, -0.05) is 37.8 Å². The third kappa shape index (κ3) is 2.54. The second-order valence-electron chi connectivity index (χ2n) is 5.81. The quantitative estimate of drug-likeness (QED) is 0.883. The Morgan fingerprint density at radius 1 is 1.22 bits per heavy atom. The fraction of sp³-hybridized carbons (Fsp3) is 0.625. The SMILES string of the molecule is NC(CC1CCCC1)c1ccc2c(c1)CCCO2. The highest BCUT2D eigenvalue weighted by Crippen LogP contribution is 2.34. The zero-order valence-corrected chi connectivity index (χ0v) is 11.0. The summed E-state index contributed by atoms with van der Waals surface area (Å²) in [5, 5.41) is 0. The second kappa shape index (κ2) is 5.31. The highest BCUT2D eigenvalue weighted by atomic mass is 16.5. The molecule has 98 valence electrons. The van der Waals surface area contributed by atoms with E-state index in [-0.39, 0.29) is 6.04 Å². The Morgan fingerprint density at radius 2 is 2.06 bits per heavy atom. The van der Waals surface area contributed by atoms with Crippen LogP contribution >= 0.6 is 0 Å². The number of fused-ring (bicyclic) bond motifs is 1. The highest BCUT2D eigenvalue weighted by molar-refractivity contribution is 5.39. The molecule has 3 rings (SSSR count). The minimum Gasteiger partial charge on any atom is -0.493 e. The van der Waals surface area contributed by atoms with Gasteiger partial charge in [-0.3, -0.25) is 0 Å². The van der Waals surface area contributed by atoms with E-state index in [4.69, 9.17) is 10.5 Å². The molecule has 1 heterocycles. The minimum absolute atomic E-state index is 0.209. The first-order valence-electron chi connectivity index (χ1n) is 7.34. The van der Waals surface area contributed by atoms with Crippen LogP contribution in [0.2, 0.25) is 0 Å². The summed E-state index contributed by atoms with van der Waals surface area (Å²) in [5.74, 6) is 1.92. The maximum atomic E-state index is 6.37. The van der Waals surface area contributed by atoms with E-state index in [1.165, 1.54) is 36.8 Å². The first kappa shape index (κ1) is 12.0. The number of hydrogen-bond donors (Lipinski definition) is 1. The van der Waals surface area contributed by atoms with E-state index in [9.17, 15) is 0 Å². The van der Waals surface area contributed by atoms with Gasteiger partial charge in [0.25, 0.3) is 0 Å². The van der Waals surface area contributed by atoms with E-state index in [0.717, 1.165) is 37.5 Å². The Labute approximate surface area is 110 Å². The van der Waals surface area contributed by atoms with Crippen LogP contribution in [0, 0.1) is 5.92 Å². The van der Waals surface area contributed by atoms with Crippen molar-refractivity contribution in [2.75, 3.05) is 6.61 Å². The molecule has 0 spiro atoms. The van der Waals surface area contributed by atoms with E-state index in [2.05, 4.69) is 18.2 Å². The van der Waals surface area contributed by atoms with Crippen LogP contribution in [0.1, 0.15) is 55.7 Å². The summed E-state index contributed by atoms with van der Waals surface area (Å²) in [5.41, 5.74) is 9.01. The molecule has 1 aliphatic heterocycles. The predicted octanol–water partition coefficient (Wildman–Crippen LogP) is 3.59. The standard InChI is InChI=1S/C16H23NO/c17-15(10-12-4-1-2-5-12)13-7-8-16-14(11-13)6-3-9-18-16/h7-8,11-12,15H,1-6,9-10,17H2. The molecule has 1 aliphatic carbocycles. The van der Waals surface area contributed by atoms with Crippen LogP contribution < -0.4 is 10.5 Å². The van der Waals surface area contributed by atoms with Crippen molar-refractivity contribution in [3.05, 3.63) is 29.3 Å². The Balaban J connectivity index is 1.70. The average Bonchev–Trinajstić information content (AvgIpc) is 2.91. The first-order valence-corrected chi connectivity index (χ1v) is 7.34. The lowest BCUT2D eigenvalue weighted by Gasteiger charge is -2.21. The van der Waals surface area contributed by atoms with Crippen LogP contribution in [-0.2, 0) is 6.42 Å². The van der Waals surface area contributed by atoms with Gasteiger partial charge in [-0.15, -0.1) is 0 Å². The Morgan fingerprint density at radius 3 is 2.89 bits per heavy atom. The van der Waals surface area contributed by atoms with Gasteiger partial charge in [0, 0.05) is 6.04 Å². The fourth-order valence-electron chi connectivity index (χ4n) is 3.35. The van der Waals surface area contributed by atoms with Crippen LogP contribution in [0.25, 0.3) is 0 Å². The van der Waals surface area contributed by atoms with Gasteiger partial charge in [0.1, 0.15) is 5.75 Å². The Bertz CT molecular complexity index is 410. The lowest BCUT2D eigenvalue weighted by Crippen LogP contribution is -2.15. The van der Waals surface area contributed by atoms with E-state index in [1.54, 1.807) is 0 Å². The maximum Gasteiger partial charge on any atom is 0.122 e. The summed E-state index contributed by atoms with van der Waals surface area (Å²) in [4.78, 5) is 0. The summed E-state index contributed by atoms with van der Waals surface area (Å²) in [7, 11) is 0. The van der Waals surface area contributed by atoms with Gasteiger partial charge in [-0.2, -0.15) is 0 Å². The number of hydrogen-bond acceptors (Lipinski definition) is 2. The summed E-state index contributed by atoms with van der Waals surface area (Å²) in [6.07, 6.45) is 8.97. The largest absolute Gasteiger partial charge is 0.493 e. The molecule has 2 N–H and O–H groups in total. The summed E-state index contributed by atoms with van der Waals surface area (Å²) >= 11 is 0. The van der Waals surface area contributed by atoms with Crippen molar-refractivity contribution in [2.24, 2.45) is 11.7 Å². The third-order valence-corrected chi connectivity index (χ3v) is 4.42. The average molecular weight is 245 g/mol. The van der Waals surface area contributed by atoms with Crippen LogP contribution in [-0.4, -0.2) is 6.61 Å². The molecule has 1 atom stereocenters. The van der Waals surface area contributed by atoms with E-state index >= 15 is 0 Å². The molecule has 2 nitrogen and oxygen atoms in total. The van der Waals surface area contributed by atoms with Crippen molar-refractivity contribution in [1.82, 2.24) is 0 Å². The summed E-state index contributed by atoms with van der Waals surface area (Å²) in [6.45, 7) is 0.862. The number of aryl methyl sites for hydroxylation is 1. The fourth-order valence-corrected chi connectivity index (χ4v) is 3.35. The topological polar surface area (TPSA) is 35.2 Å². The molecule has 1 saturated carbocycles. The minimum atomic E-state index is 0.209. The molecule has 2 aliphatic rings. The van der Waals surface area contributed by atoms with Crippen molar-refractivity contribution < 1.29 is 4.74 Å². The molecule has 1 aromatic rings. The summed E-state index contributed by atoms with van der Waals surface area (Å²) < 4.78 is 5.65. The molecule has 1 unspecified atom stereocenters. The molecule has 18 heavy (non-hydrogen) atoms. The normalized spacial score (nSPS) is 21.4. The second-order valence-corrected chi connectivity index (χ2v) is 5.81. The van der Waals surface area contributed by atoms with Gasteiger partial charge in [0.05, 0.1) is 6.61 Å². The van der Waals surface area contributed by atoms with Crippen LogP contribution in [0.15, 0.2) is 18.2 Å². The van der Waals surface area contributed by atoms with Crippen molar-refractivity contribution in [3.63, 3.8) is 0 Å².